The average molecular weight is 171 g/mol. The van der Waals surface area contributed by atoms with Crippen molar-refractivity contribution in [3.63, 3.8) is 0 Å². The van der Waals surface area contributed by atoms with Gasteiger partial charge in [-0.3, -0.25) is 0 Å². The smallest absolute Gasteiger partial charge is 0.337 e. The molecule has 1 rings (SSSR count). The third kappa shape index (κ3) is 2.20. The van der Waals surface area contributed by atoms with Crippen molar-refractivity contribution in [2.75, 3.05) is 5.73 Å². The number of para-hydroxylation sites is 1. The monoisotopic (exact) mass is 171 g/mol. The second-order valence-electron chi connectivity index (χ2n) is 1.89. The third-order valence-electron chi connectivity index (χ3n) is 1.19. The van der Waals surface area contributed by atoms with E-state index in [0.29, 0.717) is 5.69 Å². The maximum atomic E-state index is 10.3. The van der Waals surface area contributed by atoms with Crippen molar-refractivity contribution in [2.24, 2.45) is 0 Å². The summed E-state index contributed by atoms with van der Waals surface area (Å²) in [5.74, 6) is -0.988. The second kappa shape index (κ2) is 3.94. The van der Waals surface area contributed by atoms with Crippen molar-refractivity contribution < 1.29 is 9.90 Å². The van der Waals surface area contributed by atoms with Crippen LogP contribution in [0.15, 0.2) is 24.3 Å². The van der Waals surface area contributed by atoms with E-state index in [-0.39, 0.29) is 15.5 Å². The first-order valence-electron chi connectivity index (χ1n) is 2.79. The molecule has 0 aliphatic carbocycles. The molecule has 0 spiro atoms. The van der Waals surface area contributed by atoms with Gasteiger partial charge >= 0.3 is 5.97 Å². The first-order valence-corrected chi connectivity index (χ1v) is 2.79. The van der Waals surface area contributed by atoms with Gasteiger partial charge in [0.2, 0.25) is 0 Å². The van der Waals surface area contributed by atoms with Crippen molar-refractivity contribution in [3.05, 3.63) is 29.8 Å². The summed E-state index contributed by atoms with van der Waals surface area (Å²) in [7, 11) is 0. The summed E-state index contributed by atoms with van der Waals surface area (Å²) in [5.41, 5.74) is 5.80. The fourth-order valence-electron chi connectivity index (χ4n) is 0.692. The quantitative estimate of drug-likeness (QED) is 0.490. The number of carbonyl (C=O) groups is 1. The highest BCUT2D eigenvalue weighted by atomic mass is 31.0. The molecule has 1 aromatic rings. The molecule has 0 aromatic heterocycles. The Morgan fingerprint density at radius 3 is 2.27 bits per heavy atom. The van der Waals surface area contributed by atoms with Crippen LogP contribution in [-0.4, -0.2) is 11.1 Å². The Balaban J connectivity index is 0.000001000. The van der Waals surface area contributed by atoms with Gasteiger partial charge in [-0.1, -0.05) is 12.1 Å². The van der Waals surface area contributed by atoms with E-state index in [2.05, 4.69) is 0 Å². The van der Waals surface area contributed by atoms with Crippen LogP contribution in [0, 0.1) is 0 Å². The van der Waals surface area contributed by atoms with Crippen LogP contribution in [0.3, 0.4) is 0 Å². The molecule has 0 heterocycles. The Bertz CT molecular complexity index is 262. The first-order chi connectivity index (χ1) is 4.72. The maximum absolute atomic E-state index is 10.3. The summed E-state index contributed by atoms with van der Waals surface area (Å²) >= 11 is 0. The number of benzene rings is 1. The van der Waals surface area contributed by atoms with E-state index < -0.39 is 5.97 Å². The van der Waals surface area contributed by atoms with E-state index in [0.717, 1.165) is 0 Å². The largest absolute Gasteiger partial charge is 0.478 e. The van der Waals surface area contributed by atoms with Crippen molar-refractivity contribution in [1.29, 1.82) is 0 Å². The van der Waals surface area contributed by atoms with Crippen molar-refractivity contribution in [3.8, 4) is 0 Å². The molecule has 3 N–H and O–H groups in total. The van der Waals surface area contributed by atoms with Crippen LogP contribution in [-0.2, 0) is 0 Å². The van der Waals surface area contributed by atoms with E-state index >= 15 is 0 Å². The molecule has 0 aliphatic rings. The summed E-state index contributed by atoms with van der Waals surface area (Å²) < 4.78 is 0. The zero-order valence-electron chi connectivity index (χ0n) is 5.95. The molecule has 0 bridgehead atoms. The lowest BCUT2D eigenvalue weighted by atomic mass is 10.2. The van der Waals surface area contributed by atoms with Gasteiger partial charge < -0.3 is 10.8 Å². The Morgan fingerprint density at radius 2 is 1.91 bits per heavy atom. The molecule has 1 unspecified atom stereocenters. The van der Waals surface area contributed by atoms with Gasteiger partial charge in [0.25, 0.3) is 0 Å². The van der Waals surface area contributed by atoms with Gasteiger partial charge in [-0.05, 0) is 12.1 Å². The second-order valence-corrected chi connectivity index (χ2v) is 1.89. The van der Waals surface area contributed by atoms with Gasteiger partial charge in [-0.2, -0.15) is 9.90 Å². The van der Waals surface area contributed by atoms with Crippen LogP contribution in [0.1, 0.15) is 10.4 Å². The number of aromatic carboxylic acids is 1. The van der Waals surface area contributed by atoms with E-state index in [1.54, 1.807) is 18.2 Å². The summed E-state index contributed by atoms with van der Waals surface area (Å²) in [4.78, 5) is 10.3. The minimum Gasteiger partial charge on any atom is -0.478 e. The number of hydrogen-bond donors (Lipinski definition) is 2. The zero-order chi connectivity index (χ0) is 7.56. The van der Waals surface area contributed by atoms with E-state index in [4.69, 9.17) is 10.8 Å². The van der Waals surface area contributed by atoms with E-state index in [1.165, 1.54) is 6.07 Å². The molecule has 0 aliphatic heterocycles. The topological polar surface area (TPSA) is 63.3 Å². The third-order valence-corrected chi connectivity index (χ3v) is 1.19. The molecule has 0 fully saturated rings. The summed E-state index contributed by atoms with van der Waals surface area (Å²) in [5, 5.41) is 8.49. The molecule has 0 saturated heterocycles. The van der Waals surface area contributed by atoms with E-state index in [1.807, 2.05) is 0 Å². The summed E-state index contributed by atoms with van der Waals surface area (Å²) in [6.07, 6.45) is 0. The highest BCUT2D eigenvalue weighted by molar-refractivity contribution is 6.92. The van der Waals surface area contributed by atoms with Crippen LogP contribution >= 0.6 is 9.90 Å². The number of carboxylic acids is 1. The number of anilines is 1. The standard InChI is InChI=1S/C7H7NO2.H3P/c8-6-4-2-1-3-5(6)7(9)10;/h1-4H,8H2,(H,9,10);1H3. The lowest BCUT2D eigenvalue weighted by Crippen LogP contribution is -2.00. The molecule has 3 nitrogen and oxygen atoms in total. The minimum atomic E-state index is -0.988. The molecule has 4 heteroatoms. The van der Waals surface area contributed by atoms with Gasteiger partial charge in [0.15, 0.2) is 0 Å². The number of rotatable bonds is 1. The molecule has 0 saturated carbocycles. The first kappa shape index (κ1) is 9.92. The average Bonchev–Trinajstić information content (AvgIpc) is 1.88. The van der Waals surface area contributed by atoms with Gasteiger partial charge in [-0.25, -0.2) is 4.79 Å². The van der Waals surface area contributed by atoms with Gasteiger partial charge in [0, 0.05) is 5.69 Å². The summed E-state index contributed by atoms with van der Waals surface area (Å²) in [6.45, 7) is 0. The lowest BCUT2D eigenvalue weighted by Gasteiger charge is -1.96. The SMILES string of the molecule is Nc1ccccc1C(=O)O.P. The van der Waals surface area contributed by atoms with Crippen LogP contribution in [0.25, 0.3) is 0 Å². The van der Waals surface area contributed by atoms with Gasteiger partial charge in [0.05, 0.1) is 5.56 Å². The van der Waals surface area contributed by atoms with Crippen LogP contribution < -0.4 is 5.73 Å². The molecular weight excluding hydrogens is 161 g/mol. The number of hydrogen-bond acceptors (Lipinski definition) is 2. The molecule has 0 radical (unpaired) electrons. The molecule has 1 atom stereocenters. The predicted octanol–water partition coefficient (Wildman–Crippen LogP) is 1.03. The number of carboxylic acid groups (broad SMARTS) is 1. The Kier molecular flexibility index (Phi) is 3.55. The fourth-order valence-corrected chi connectivity index (χ4v) is 0.692. The molecule has 0 amide bonds. The van der Waals surface area contributed by atoms with Crippen LogP contribution in [0.5, 0.6) is 0 Å². The number of nitrogen functional groups attached to an aromatic ring is 1. The van der Waals surface area contributed by atoms with E-state index in [9.17, 15) is 4.79 Å². The Labute approximate surface area is 67.8 Å². The minimum absolute atomic E-state index is 0. The summed E-state index contributed by atoms with van der Waals surface area (Å²) in [6, 6.07) is 6.36. The van der Waals surface area contributed by atoms with Crippen LogP contribution in [0.2, 0.25) is 0 Å². The van der Waals surface area contributed by atoms with Crippen molar-refractivity contribution in [1.82, 2.24) is 0 Å². The fraction of sp³-hybridized carbons (Fsp3) is 0. The predicted molar refractivity (Wildman–Crippen MR) is 48.9 cm³/mol. The highest BCUT2D eigenvalue weighted by Gasteiger charge is 2.03. The van der Waals surface area contributed by atoms with Crippen LogP contribution in [0.4, 0.5) is 5.69 Å². The lowest BCUT2D eigenvalue weighted by molar-refractivity contribution is 0.0698. The Hall–Kier alpha value is -1.08. The normalized spacial score (nSPS) is 8.36. The zero-order valence-corrected chi connectivity index (χ0v) is 7.36. The molecule has 11 heavy (non-hydrogen) atoms. The maximum Gasteiger partial charge on any atom is 0.337 e. The molecular formula is C7H10NO2P. The Morgan fingerprint density at radius 1 is 1.36 bits per heavy atom. The van der Waals surface area contributed by atoms with Crippen molar-refractivity contribution >= 4 is 21.6 Å². The van der Waals surface area contributed by atoms with Crippen molar-refractivity contribution in [2.45, 2.75) is 0 Å². The van der Waals surface area contributed by atoms with Gasteiger partial charge in [-0.15, -0.1) is 0 Å². The van der Waals surface area contributed by atoms with Gasteiger partial charge in [0.1, 0.15) is 0 Å². The number of nitrogens with two attached hydrogens (primary N) is 1. The molecule has 1 aromatic carbocycles. The highest BCUT2D eigenvalue weighted by Crippen LogP contribution is 2.08. The molecule has 60 valence electrons.